The van der Waals surface area contributed by atoms with Gasteiger partial charge in [0.1, 0.15) is 12.3 Å². The summed E-state index contributed by atoms with van der Waals surface area (Å²) in [4.78, 5) is 39.1. The zero-order chi connectivity index (χ0) is 15.1. The first-order valence-electron chi connectivity index (χ1n) is 7.11. The Morgan fingerprint density at radius 3 is 2.38 bits per heavy atom. The molecule has 2 aliphatic rings. The number of nitrogens with zero attached hydrogens (tertiary/aromatic N) is 2. The highest BCUT2D eigenvalue weighted by molar-refractivity contribution is 5.92. The van der Waals surface area contributed by atoms with Crippen molar-refractivity contribution in [3.05, 3.63) is 35.9 Å². The number of carbonyl (C=O) groups is 3. The Kier molecular flexibility index (Phi) is 3.27. The van der Waals surface area contributed by atoms with Gasteiger partial charge in [0.2, 0.25) is 11.8 Å². The van der Waals surface area contributed by atoms with Gasteiger partial charge >= 0.3 is 0 Å². The van der Waals surface area contributed by atoms with E-state index in [1.54, 1.807) is 9.80 Å². The van der Waals surface area contributed by atoms with Gasteiger partial charge < -0.3 is 9.80 Å². The number of piperazine rings is 1. The minimum Gasteiger partial charge on any atom is -0.331 e. The van der Waals surface area contributed by atoms with Crippen LogP contribution in [0.25, 0.3) is 0 Å². The van der Waals surface area contributed by atoms with Gasteiger partial charge in [-0.2, -0.15) is 0 Å². The van der Waals surface area contributed by atoms with Crippen molar-refractivity contribution in [1.82, 2.24) is 9.80 Å². The SMILES string of the molecule is CC(=O)C1C2C1N(Cc1ccccc1)C(=O)CN2C(C)=O. The Morgan fingerprint density at radius 2 is 1.81 bits per heavy atom. The van der Waals surface area contributed by atoms with Gasteiger partial charge in [0, 0.05) is 13.5 Å². The van der Waals surface area contributed by atoms with Gasteiger partial charge in [-0.25, -0.2) is 0 Å². The Hall–Kier alpha value is -2.17. The number of benzene rings is 1. The molecule has 5 heteroatoms. The summed E-state index contributed by atoms with van der Waals surface area (Å²) in [5.74, 6) is -0.409. The van der Waals surface area contributed by atoms with Crippen LogP contribution < -0.4 is 0 Å². The third-order valence-electron chi connectivity index (χ3n) is 4.36. The van der Waals surface area contributed by atoms with E-state index >= 15 is 0 Å². The Balaban J connectivity index is 1.84. The van der Waals surface area contributed by atoms with Crippen LogP contribution in [-0.4, -0.2) is 46.0 Å². The quantitative estimate of drug-likeness (QED) is 0.827. The van der Waals surface area contributed by atoms with Crippen LogP contribution in [0.15, 0.2) is 30.3 Å². The van der Waals surface area contributed by atoms with Crippen molar-refractivity contribution in [1.29, 1.82) is 0 Å². The minimum absolute atomic E-state index is 0.0454. The molecule has 1 aromatic rings. The highest BCUT2D eigenvalue weighted by atomic mass is 16.2. The molecule has 3 atom stereocenters. The average molecular weight is 286 g/mol. The molecule has 1 aromatic carbocycles. The van der Waals surface area contributed by atoms with Gasteiger partial charge in [-0.15, -0.1) is 0 Å². The number of fused-ring (bicyclic) bond motifs is 1. The fraction of sp³-hybridized carbons (Fsp3) is 0.438. The minimum atomic E-state index is -0.232. The molecular formula is C16H18N2O3. The number of amides is 2. The second-order valence-corrected chi connectivity index (χ2v) is 5.77. The van der Waals surface area contributed by atoms with Crippen molar-refractivity contribution in [2.45, 2.75) is 32.5 Å². The molecule has 21 heavy (non-hydrogen) atoms. The fourth-order valence-electron chi connectivity index (χ4n) is 3.32. The smallest absolute Gasteiger partial charge is 0.242 e. The molecule has 0 radical (unpaired) electrons. The van der Waals surface area contributed by atoms with Gasteiger partial charge in [0.05, 0.1) is 18.0 Å². The highest BCUT2D eigenvalue weighted by Gasteiger charge is 2.63. The average Bonchev–Trinajstić information content (AvgIpc) is 3.18. The summed E-state index contributed by atoms with van der Waals surface area (Å²) in [5, 5.41) is 0. The highest BCUT2D eigenvalue weighted by Crippen LogP contribution is 2.44. The van der Waals surface area contributed by atoms with E-state index in [0.29, 0.717) is 6.54 Å². The molecule has 0 bridgehead atoms. The molecule has 5 nitrogen and oxygen atoms in total. The summed E-state index contributed by atoms with van der Waals surface area (Å²) in [6, 6.07) is 9.42. The van der Waals surface area contributed by atoms with Gasteiger partial charge in [-0.3, -0.25) is 14.4 Å². The van der Waals surface area contributed by atoms with Crippen molar-refractivity contribution < 1.29 is 14.4 Å². The van der Waals surface area contributed by atoms with Crippen LogP contribution in [0.5, 0.6) is 0 Å². The maximum Gasteiger partial charge on any atom is 0.242 e. The summed E-state index contributed by atoms with van der Waals surface area (Å²) in [7, 11) is 0. The lowest BCUT2D eigenvalue weighted by Gasteiger charge is -2.33. The molecule has 1 heterocycles. The first-order valence-corrected chi connectivity index (χ1v) is 7.11. The fourth-order valence-corrected chi connectivity index (χ4v) is 3.32. The molecule has 2 fully saturated rings. The molecule has 1 aliphatic carbocycles. The molecule has 0 aromatic heterocycles. The van der Waals surface area contributed by atoms with Crippen LogP contribution in [0, 0.1) is 5.92 Å². The maximum absolute atomic E-state index is 12.3. The van der Waals surface area contributed by atoms with E-state index in [1.807, 2.05) is 30.3 Å². The molecule has 3 rings (SSSR count). The van der Waals surface area contributed by atoms with Crippen LogP contribution in [-0.2, 0) is 20.9 Å². The summed E-state index contributed by atoms with van der Waals surface area (Å²) in [5.41, 5.74) is 1.04. The summed E-state index contributed by atoms with van der Waals surface area (Å²) in [6.07, 6.45) is 0. The monoisotopic (exact) mass is 286 g/mol. The molecule has 0 spiro atoms. The van der Waals surface area contributed by atoms with Gasteiger partial charge in [0.25, 0.3) is 0 Å². The molecule has 2 amide bonds. The first kappa shape index (κ1) is 13.8. The summed E-state index contributed by atoms with van der Waals surface area (Å²) >= 11 is 0. The van der Waals surface area contributed by atoms with E-state index in [2.05, 4.69) is 0 Å². The number of rotatable bonds is 3. The van der Waals surface area contributed by atoms with Crippen LogP contribution in [0.1, 0.15) is 19.4 Å². The normalized spacial score (nSPS) is 27.3. The molecular weight excluding hydrogens is 268 g/mol. The summed E-state index contributed by atoms with van der Waals surface area (Å²) < 4.78 is 0. The lowest BCUT2D eigenvalue weighted by molar-refractivity contribution is -0.144. The lowest BCUT2D eigenvalue weighted by Crippen LogP contribution is -2.51. The number of hydrogen-bond donors (Lipinski definition) is 0. The molecule has 1 saturated heterocycles. The van der Waals surface area contributed by atoms with E-state index < -0.39 is 0 Å². The first-order chi connectivity index (χ1) is 10.0. The lowest BCUT2D eigenvalue weighted by atomic mass is 10.2. The second-order valence-electron chi connectivity index (χ2n) is 5.77. The predicted molar refractivity (Wildman–Crippen MR) is 76.1 cm³/mol. The number of ketones is 1. The van der Waals surface area contributed by atoms with Crippen molar-refractivity contribution in [2.24, 2.45) is 5.92 Å². The van der Waals surface area contributed by atoms with Gasteiger partial charge in [-0.05, 0) is 12.5 Å². The van der Waals surface area contributed by atoms with Crippen molar-refractivity contribution >= 4 is 17.6 Å². The number of Topliss-reactive ketones (excluding diaryl/α,β-unsaturated/α-hetero) is 1. The van der Waals surface area contributed by atoms with E-state index in [1.165, 1.54) is 13.8 Å². The van der Waals surface area contributed by atoms with Crippen LogP contribution >= 0.6 is 0 Å². The van der Waals surface area contributed by atoms with Crippen molar-refractivity contribution in [2.75, 3.05) is 6.54 Å². The number of carbonyl (C=O) groups excluding carboxylic acids is 3. The molecule has 110 valence electrons. The number of hydrogen-bond acceptors (Lipinski definition) is 3. The zero-order valence-corrected chi connectivity index (χ0v) is 12.2. The topological polar surface area (TPSA) is 57.7 Å². The molecule has 0 N–H and O–H groups in total. The largest absolute Gasteiger partial charge is 0.331 e. The van der Waals surface area contributed by atoms with Crippen molar-refractivity contribution in [3.8, 4) is 0 Å². The van der Waals surface area contributed by atoms with Crippen LogP contribution in [0.2, 0.25) is 0 Å². The van der Waals surface area contributed by atoms with E-state index in [9.17, 15) is 14.4 Å². The zero-order valence-electron chi connectivity index (χ0n) is 12.2. The van der Waals surface area contributed by atoms with Crippen molar-refractivity contribution in [3.63, 3.8) is 0 Å². The van der Waals surface area contributed by atoms with Gasteiger partial charge in [0.15, 0.2) is 0 Å². The Morgan fingerprint density at radius 1 is 1.14 bits per heavy atom. The summed E-state index contributed by atoms with van der Waals surface area (Å²) in [6.45, 7) is 3.56. The maximum atomic E-state index is 12.3. The van der Waals surface area contributed by atoms with E-state index in [0.717, 1.165) is 5.56 Å². The van der Waals surface area contributed by atoms with Crippen LogP contribution in [0.3, 0.4) is 0 Å². The predicted octanol–water partition coefficient (Wildman–Crippen LogP) is 0.833. The van der Waals surface area contributed by atoms with Crippen LogP contribution in [0.4, 0.5) is 0 Å². The van der Waals surface area contributed by atoms with Gasteiger partial charge in [-0.1, -0.05) is 30.3 Å². The Labute approximate surface area is 123 Å². The Bertz CT molecular complexity index is 599. The van der Waals surface area contributed by atoms with E-state index in [-0.39, 0.29) is 42.1 Å². The molecule has 1 aliphatic heterocycles. The third-order valence-corrected chi connectivity index (χ3v) is 4.36. The van der Waals surface area contributed by atoms with E-state index in [4.69, 9.17) is 0 Å². The third kappa shape index (κ3) is 2.33. The standard InChI is InChI=1S/C16H18N2O3/c1-10(19)14-15-16(14)18(8-12-6-4-3-5-7-12)13(21)9-17(15)11(2)20/h3-7,14-16H,8-9H2,1-2H3. The second kappa shape index (κ2) is 4.98. The molecule has 3 unspecified atom stereocenters. The molecule has 1 saturated carbocycles.